The molecule has 14 heavy (non-hydrogen) atoms. The molecule has 0 bridgehead atoms. The number of nitrogens with zero attached hydrogens (tertiary/aromatic N) is 1. The zero-order chi connectivity index (χ0) is 10.2. The largest absolute Gasteiger partial charge is 1.00 e. The fourth-order valence-electron chi connectivity index (χ4n) is 1.33. The SMILES string of the molecule is CC(C)N1CCC(I)(S(=O)[O-])C1=O.[Na+]. The van der Waals surface area contributed by atoms with Gasteiger partial charge in [0.15, 0.2) is 2.75 Å². The van der Waals surface area contributed by atoms with Crippen LogP contribution >= 0.6 is 22.6 Å². The molecule has 7 heteroatoms. The number of halogens is 1. The number of likely N-dealkylation sites (tertiary alicyclic amines) is 1. The van der Waals surface area contributed by atoms with Gasteiger partial charge in [-0.15, -0.1) is 0 Å². The Bertz CT molecular complexity index is 263. The maximum absolute atomic E-state index is 11.6. The summed E-state index contributed by atoms with van der Waals surface area (Å²) in [6, 6.07) is 0.0766. The first-order chi connectivity index (χ1) is 5.89. The number of hydrogen-bond acceptors (Lipinski definition) is 3. The Labute approximate surface area is 122 Å². The maximum atomic E-state index is 11.6. The molecular weight excluding hydrogens is 328 g/mol. The molecule has 4 nitrogen and oxygen atoms in total. The molecule has 2 atom stereocenters. The Balaban J connectivity index is 0.00000169. The number of hydrogen-bond donors (Lipinski definition) is 0. The van der Waals surface area contributed by atoms with Crippen molar-refractivity contribution in [2.75, 3.05) is 6.54 Å². The van der Waals surface area contributed by atoms with Gasteiger partial charge in [0.05, 0.1) is 0 Å². The van der Waals surface area contributed by atoms with E-state index in [4.69, 9.17) is 0 Å². The van der Waals surface area contributed by atoms with Crippen LogP contribution in [-0.4, -0.2) is 34.9 Å². The van der Waals surface area contributed by atoms with Crippen molar-refractivity contribution in [3.05, 3.63) is 0 Å². The van der Waals surface area contributed by atoms with Gasteiger partial charge >= 0.3 is 29.6 Å². The summed E-state index contributed by atoms with van der Waals surface area (Å²) in [5, 5.41) is 0. The quantitative estimate of drug-likeness (QED) is 0.245. The average molecular weight is 339 g/mol. The summed E-state index contributed by atoms with van der Waals surface area (Å²) in [5.41, 5.74) is 0. The summed E-state index contributed by atoms with van der Waals surface area (Å²) >= 11 is -0.602. The first-order valence-corrected chi connectivity index (χ1v) is 6.14. The first-order valence-electron chi connectivity index (χ1n) is 3.99. The minimum atomic E-state index is -2.33. The molecule has 1 aliphatic rings. The molecule has 0 radical (unpaired) electrons. The molecule has 76 valence electrons. The molecule has 0 aromatic rings. The van der Waals surface area contributed by atoms with Crippen LogP contribution in [0.2, 0.25) is 0 Å². The Morgan fingerprint density at radius 2 is 2.14 bits per heavy atom. The smallest absolute Gasteiger partial charge is 0.771 e. The number of carbonyl (C=O) groups is 1. The molecule has 2 unspecified atom stereocenters. The van der Waals surface area contributed by atoms with E-state index in [-0.39, 0.29) is 41.5 Å². The third kappa shape index (κ3) is 2.70. The van der Waals surface area contributed by atoms with E-state index in [1.165, 1.54) is 0 Å². The molecular formula is C7H11INNaO3S. The summed E-state index contributed by atoms with van der Waals surface area (Å²) in [5.74, 6) is -0.281. The van der Waals surface area contributed by atoms with E-state index in [1.807, 2.05) is 13.8 Å². The molecule has 1 rings (SSSR count). The van der Waals surface area contributed by atoms with E-state index >= 15 is 0 Å². The van der Waals surface area contributed by atoms with Crippen LogP contribution in [-0.2, 0) is 15.9 Å². The van der Waals surface area contributed by atoms with Gasteiger partial charge in [0.25, 0.3) is 5.91 Å². The second kappa shape index (κ2) is 5.58. The minimum absolute atomic E-state index is 0. The topological polar surface area (TPSA) is 60.4 Å². The van der Waals surface area contributed by atoms with Crippen molar-refractivity contribution in [2.45, 2.75) is 29.1 Å². The van der Waals surface area contributed by atoms with Crippen molar-refractivity contribution in [3.8, 4) is 0 Å². The summed E-state index contributed by atoms with van der Waals surface area (Å²) in [6.45, 7) is 4.30. The Hall–Kier alpha value is 1.31. The van der Waals surface area contributed by atoms with Crippen LogP contribution in [0.4, 0.5) is 0 Å². The van der Waals surface area contributed by atoms with Gasteiger partial charge in [-0.2, -0.15) is 0 Å². The van der Waals surface area contributed by atoms with E-state index in [1.54, 1.807) is 27.5 Å². The molecule has 0 saturated carbocycles. The summed E-state index contributed by atoms with van der Waals surface area (Å²) in [4.78, 5) is 13.2. The van der Waals surface area contributed by atoms with Gasteiger partial charge < -0.3 is 9.45 Å². The van der Waals surface area contributed by atoms with Gasteiger partial charge in [0.1, 0.15) is 0 Å². The van der Waals surface area contributed by atoms with Gasteiger partial charge in [0, 0.05) is 12.6 Å². The number of alkyl halides is 1. The monoisotopic (exact) mass is 339 g/mol. The Morgan fingerprint density at radius 3 is 2.36 bits per heavy atom. The van der Waals surface area contributed by atoms with E-state index in [0.29, 0.717) is 13.0 Å². The predicted octanol–water partition coefficient (Wildman–Crippen LogP) is -2.36. The number of rotatable bonds is 2. The van der Waals surface area contributed by atoms with E-state index in [0.717, 1.165) is 0 Å². The van der Waals surface area contributed by atoms with Crippen LogP contribution in [0.1, 0.15) is 20.3 Å². The number of amides is 1. The second-order valence-corrected chi connectivity index (χ2v) is 7.05. The summed E-state index contributed by atoms with van der Waals surface area (Å²) in [7, 11) is 0. The molecule has 1 fully saturated rings. The van der Waals surface area contributed by atoms with Crippen LogP contribution in [0.5, 0.6) is 0 Å². The van der Waals surface area contributed by atoms with Crippen molar-refractivity contribution in [2.24, 2.45) is 0 Å². The van der Waals surface area contributed by atoms with Crippen LogP contribution < -0.4 is 29.6 Å². The molecule has 0 aromatic heterocycles. The van der Waals surface area contributed by atoms with Crippen molar-refractivity contribution in [1.29, 1.82) is 0 Å². The summed E-state index contributed by atoms with van der Waals surface area (Å²) in [6.07, 6.45) is 0.390. The van der Waals surface area contributed by atoms with E-state index in [2.05, 4.69) is 0 Å². The normalized spacial score (nSPS) is 29.2. The van der Waals surface area contributed by atoms with Gasteiger partial charge in [-0.3, -0.25) is 9.00 Å². The molecule has 1 saturated heterocycles. The first kappa shape index (κ1) is 15.3. The van der Waals surface area contributed by atoms with Crippen molar-refractivity contribution < 1.29 is 43.1 Å². The molecule has 0 N–H and O–H groups in total. The molecule has 0 aliphatic carbocycles. The van der Waals surface area contributed by atoms with Crippen molar-refractivity contribution >= 4 is 39.6 Å². The van der Waals surface area contributed by atoms with Gasteiger partial charge in [-0.05, 0) is 31.3 Å². The predicted molar refractivity (Wildman–Crippen MR) is 57.1 cm³/mol. The van der Waals surface area contributed by atoms with Gasteiger partial charge in [-0.1, -0.05) is 22.6 Å². The molecule has 0 aromatic carbocycles. The average Bonchev–Trinajstić information content (AvgIpc) is 2.30. The maximum Gasteiger partial charge on any atom is 1.00 e. The second-order valence-electron chi connectivity index (χ2n) is 3.31. The minimum Gasteiger partial charge on any atom is -0.771 e. The van der Waals surface area contributed by atoms with Crippen LogP contribution in [0, 0.1) is 0 Å². The molecule has 0 spiro atoms. The van der Waals surface area contributed by atoms with Crippen LogP contribution in [0.3, 0.4) is 0 Å². The fourth-order valence-corrected chi connectivity index (χ4v) is 2.40. The molecule has 1 heterocycles. The van der Waals surface area contributed by atoms with Gasteiger partial charge in [-0.25, -0.2) is 0 Å². The van der Waals surface area contributed by atoms with Crippen molar-refractivity contribution in [1.82, 2.24) is 4.90 Å². The Kier molecular flexibility index (Phi) is 6.10. The van der Waals surface area contributed by atoms with E-state index in [9.17, 15) is 13.6 Å². The number of carbonyl (C=O) groups excluding carboxylic acids is 1. The third-order valence-electron chi connectivity index (χ3n) is 2.14. The fraction of sp³-hybridized carbons (Fsp3) is 0.857. The van der Waals surface area contributed by atoms with Crippen LogP contribution in [0.25, 0.3) is 0 Å². The molecule has 1 amide bonds. The summed E-state index contributed by atoms with van der Waals surface area (Å²) < 4.78 is 20.5. The third-order valence-corrected chi connectivity index (χ3v) is 5.13. The zero-order valence-corrected chi connectivity index (χ0v) is 13.4. The zero-order valence-electron chi connectivity index (χ0n) is 8.45. The van der Waals surface area contributed by atoms with Crippen molar-refractivity contribution in [3.63, 3.8) is 0 Å². The van der Waals surface area contributed by atoms with Crippen LogP contribution in [0.15, 0.2) is 0 Å². The van der Waals surface area contributed by atoms with E-state index < -0.39 is 13.8 Å². The Morgan fingerprint density at radius 1 is 1.64 bits per heavy atom. The molecule has 1 aliphatic heterocycles. The van der Waals surface area contributed by atoms with Gasteiger partial charge in [0.2, 0.25) is 0 Å². The standard InChI is InChI=1S/C7H12INO3S.Na/c1-5(2)9-4-3-7(8,6(9)10)13(11)12;/h5H,3-4H2,1-2H3,(H,11,12);/q;+1/p-1.